The van der Waals surface area contributed by atoms with Crippen LogP contribution in [0.3, 0.4) is 0 Å². The van der Waals surface area contributed by atoms with Gasteiger partial charge in [0.2, 0.25) is 5.91 Å². The van der Waals surface area contributed by atoms with E-state index in [-0.39, 0.29) is 12.5 Å². The number of esters is 1. The second-order valence-corrected chi connectivity index (χ2v) is 4.21. The van der Waals surface area contributed by atoms with Crippen molar-refractivity contribution in [2.45, 2.75) is 52.9 Å². The normalized spacial score (nSPS) is 12.6. The zero-order chi connectivity index (χ0) is 16.1. The molecule has 1 N–H and O–H groups in total. The van der Waals surface area contributed by atoms with Crippen molar-refractivity contribution in [3.05, 3.63) is 12.2 Å². The van der Waals surface area contributed by atoms with Crippen molar-refractivity contribution in [2.75, 3.05) is 19.8 Å². The van der Waals surface area contributed by atoms with Gasteiger partial charge in [-0.2, -0.15) is 0 Å². The molecule has 0 spiro atoms. The number of allylic oxidation sites excluding steroid dienone is 1. The third-order valence-electron chi connectivity index (χ3n) is 2.50. The fraction of sp³-hybridized carbons (Fsp3) is 0.733. The van der Waals surface area contributed by atoms with E-state index < -0.39 is 18.3 Å². The summed E-state index contributed by atoms with van der Waals surface area (Å²) < 4.78 is 15.7. The first-order valence-corrected chi connectivity index (χ1v) is 7.47. The molecule has 0 heterocycles. The molecule has 0 bridgehead atoms. The molecule has 0 aliphatic heterocycles. The smallest absolute Gasteiger partial charge is 0.334 e. The first-order chi connectivity index (χ1) is 10.1. The molecule has 0 fully saturated rings. The number of hydrogen-bond acceptors (Lipinski definition) is 5. The van der Waals surface area contributed by atoms with Gasteiger partial charge in [-0.05, 0) is 33.3 Å². The lowest BCUT2D eigenvalue weighted by molar-refractivity contribution is -0.180. The minimum atomic E-state index is -0.983. The molecule has 1 amide bonds. The Hall–Kier alpha value is -1.40. The van der Waals surface area contributed by atoms with Gasteiger partial charge in [-0.1, -0.05) is 19.4 Å². The molecule has 0 saturated carbocycles. The van der Waals surface area contributed by atoms with Gasteiger partial charge in [0.15, 0.2) is 12.3 Å². The van der Waals surface area contributed by atoms with E-state index in [1.165, 1.54) is 6.08 Å². The predicted octanol–water partition coefficient (Wildman–Crippen LogP) is 1.79. The highest BCUT2D eigenvalue weighted by Gasteiger charge is 2.32. The van der Waals surface area contributed by atoms with Crippen LogP contribution in [0.15, 0.2) is 12.2 Å². The molecule has 0 aliphatic rings. The highest BCUT2D eigenvalue weighted by Crippen LogP contribution is 2.05. The lowest BCUT2D eigenvalue weighted by Gasteiger charge is -2.25. The quantitative estimate of drug-likeness (QED) is 0.358. The molecule has 0 unspecified atom stereocenters. The van der Waals surface area contributed by atoms with Crippen molar-refractivity contribution in [1.82, 2.24) is 5.32 Å². The van der Waals surface area contributed by atoms with Gasteiger partial charge < -0.3 is 19.5 Å². The second kappa shape index (κ2) is 12.3. The predicted molar refractivity (Wildman–Crippen MR) is 79.7 cm³/mol. The van der Waals surface area contributed by atoms with Gasteiger partial charge in [0.25, 0.3) is 0 Å². The molecule has 0 aromatic heterocycles. The number of amides is 1. The molecule has 6 nitrogen and oxygen atoms in total. The lowest BCUT2D eigenvalue weighted by atomic mass is 10.2. The average Bonchev–Trinajstić information content (AvgIpc) is 2.45. The largest absolute Gasteiger partial charge is 0.464 e. The minimum absolute atomic E-state index is 0.224. The summed E-state index contributed by atoms with van der Waals surface area (Å²) in [6.07, 6.45) is 4.06. The van der Waals surface area contributed by atoms with E-state index in [9.17, 15) is 9.59 Å². The maximum Gasteiger partial charge on any atom is 0.334 e. The average molecular weight is 301 g/mol. The van der Waals surface area contributed by atoms with Crippen LogP contribution in [0.2, 0.25) is 0 Å². The number of ether oxygens (including phenoxy) is 3. The Morgan fingerprint density at radius 3 is 2.14 bits per heavy atom. The third-order valence-corrected chi connectivity index (χ3v) is 2.50. The summed E-state index contributed by atoms with van der Waals surface area (Å²) in [6, 6.07) is -0.983. The molecule has 6 heteroatoms. The zero-order valence-corrected chi connectivity index (χ0v) is 13.4. The second-order valence-electron chi connectivity index (χ2n) is 4.21. The number of nitrogens with one attached hydrogen (secondary N) is 1. The van der Waals surface area contributed by atoms with Gasteiger partial charge in [0.05, 0.1) is 6.61 Å². The summed E-state index contributed by atoms with van der Waals surface area (Å²) in [5.74, 6) is -0.937. The van der Waals surface area contributed by atoms with Crippen LogP contribution in [0.5, 0.6) is 0 Å². The van der Waals surface area contributed by atoms with Crippen molar-refractivity contribution < 1.29 is 23.8 Å². The molecular formula is C15H27NO5. The Kier molecular flexibility index (Phi) is 11.5. The van der Waals surface area contributed by atoms with Gasteiger partial charge in [0.1, 0.15) is 0 Å². The van der Waals surface area contributed by atoms with Crippen LogP contribution >= 0.6 is 0 Å². The molecule has 0 radical (unpaired) electrons. The minimum Gasteiger partial charge on any atom is -0.464 e. The van der Waals surface area contributed by atoms with Crippen LogP contribution in [-0.4, -0.2) is 44.0 Å². The fourth-order valence-electron chi connectivity index (χ4n) is 1.60. The van der Waals surface area contributed by atoms with Crippen LogP contribution in [0.4, 0.5) is 0 Å². The topological polar surface area (TPSA) is 73.9 Å². The van der Waals surface area contributed by atoms with E-state index in [1.807, 2.05) is 6.92 Å². The SMILES string of the molecule is CCC/C=C/C(=O)N[C@@H](C(=O)OCC)C(OCC)OCC. The van der Waals surface area contributed by atoms with E-state index in [4.69, 9.17) is 14.2 Å². The van der Waals surface area contributed by atoms with Gasteiger partial charge in [-0.15, -0.1) is 0 Å². The number of unbranched alkanes of at least 4 members (excludes halogenated alkanes) is 1. The van der Waals surface area contributed by atoms with E-state index in [0.717, 1.165) is 12.8 Å². The summed E-state index contributed by atoms with van der Waals surface area (Å²) in [5, 5.41) is 2.58. The zero-order valence-electron chi connectivity index (χ0n) is 13.4. The highest BCUT2D eigenvalue weighted by atomic mass is 16.7. The van der Waals surface area contributed by atoms with Crippen LogP contribution < -0.4 is 5.32 Å². The summed E-state index contributed by atoms with van der Waals surface area (Å²) >= 11 is 0. The third kappa shape index (κ3) is 8.47. The van der Waals surface area contributed by atoms with E-state index in [1.54, 1.807) is 26.8 Å². The molecule has 0 aromatic carbocycles. The van der Waals surface area contributed by atoms with Crippen LogP contribution in [0.1, 0.15) is 40.5 Å². The first-order valence-electron chi connectivity index (χ1n) is 7.47. The molecule has 0 rings (SSSR count). The van der Waals surface area contributed by atoms with Crippen LogP contribution in [-0.2, 0) is 23.8 Å². The molecular weight excluding hydrogens is 274 g/mol. The molecule has 0 aromatic rings. The Morgan fingerprint density at radius 2 is 1.67 bits per heavy atom. The number of carbonyl (C=O) groups is 2. The Morgan fingerprint density at radius 1 is 1.05 bits per heavy atom. The van der Waals surface area contributed by atoms with Crippen molar-refractivity contribution in [3.8, 4) is 0 Å². The van der Waals surface area contributed by atoms with Gasteiger partial charge in [-0.3, -0.25) is 4.79 Å². The summed E-state index contributed by atoms with van der Waals surface area (Å²) in [4.78, 5) is 23.8. The molecule has 1 atom stereocenters. The van der Waals surface area contributed by atoms with Crippen LogP contribution in [0, 0.1) is 0 Å². The van der Waals surface area contributed by atoms with Gasteiger partial charge >= 0.3 is 5.97 Å². The van der Waals surface area contributed by atoms with Crippen LogP contribution in [0.25, 0.3) is 0 Å². The number of carbonyl (C=O) groups excluding carboxylic acids is 2. The molecule has 122 valence electrons. The van der Waals surface area contributed by atoms with Crippen molar-refractivity contribution in [3.63, 3.8) is 0 Å². The van der Waals surface area contributed by atoms with Gasteiger partial charge in [-0.25, -0.2) is 4.79 Å². The monoisotopic (exact) mass is 301 g/mol. The molecule has 0 saturated heterocycles. The standard InChI is InChI=1S/C15H27NO5/c1-5-9-10-11-12(17)16-13(14(18)19-6-2)15(20-7-3)21-8-4/h10-11,13,15H,5-9H2,1-4H3,(H,16,17)/b11-10+/t13-/m0/s1. The van der Waals surface area contributed by atoms with Crippen molar-refractivity contribution in [2.24, 2.45) is 0 Å². The maximum atomic E-state index is 12.0. The lowest BCUT2D eigenvalue weighted by Crippen LogP contribution is -2.51. The summed E-state index contributed by atoms with van der Waals surface area (Å²) in [5.41, 5.74) is 0. The van der Waals surface area contributed by atoms with E-state index in [2.05, 4.69) is 5.32 Å². The number of rotatable bonds is 11. The van der Waals surface area contributed by atoms with E-state index in [0.29, 0.717) is 13.2 Å². The maximum absolute atomic E-state index is 12.0. The van der Waals surface area contributed by atoms with Crippen molar-refractivity contribution in [1.29, 1.82) is 0 Å². The highest BCUT2D eigenvalue weighted by molar-refractivity contribution is 5.91. The molecule has 21 heavy (non-hydrogen) atoms. The summed E-state index contributed by atoms with van der Waals surface area (Å²) in [6.45, 7) is 8.25. The Bertz CT molecular complexity index is 324. The number of hydrogen-bond donors (Lipinski definition) is 1. The summed E-state index contributed by atoms with van der Waals surface area (Å²) in [7, 11) is 0. The fourth-order valence-corrected chi connectivity index (χ4v) is 1.60. The van der Waals surface area contributed by atoms with Crippen molar-refractivity contribution >= 4 is 11.9 Å². The molecule has 0 aliphatic carbocycles. The van der Waals surface area contributed by atoms with E-state index >= 15 is 0 Å². The Balaban J connectivity index is 4.85. The Labute approximate surface area is 126 Å². The van der Waals surface area contributed by atoms with Gasteiger partial charge in [0, 0.05) is 13.2 Å². The first kappa shape index (κ1) is 19.6.